The minimum atomic E-state index is -0.716. The van der Waals surface area contributed by atoms with Gasteiger partial charge in [0.25, 0.3) is 0 Å². The van der Waals surface area contributed by atoms with E-state index in [9.17, 15) is 14.4 Å². The molecule has 0 aromatic heterocycles. The lowest BCUT2D eigenvalue weighted by molar-refractivity contribution is -0.140. The van der Waals surface area contributed by atoms with Gasteiger partial charge in [0.1, 0.15) is 6.04 Å². The summed E-state index contributed by atoms with van der Waals surface area (Å²) in [5, 5.41) is 15.1. The van der Waals surface area contributed by atoms with Crippen LogP contribution in [0, 0.1) is 30.6 Å². The van der Waals surface area contributed by atoms with Gasteiger partial charge in [0.15, 0.2) is 0 Å². The van der Waals surface area contributed by atoms with Gasteiger partial charge >= 0.3 is 0 Å². The van der Waals surface area contributed by atoms with Crippen LogP contribution in [-0.4, -0.2) is 54.0 Å². The van der Waals surface area contributed by atoms with Gasteiger partial charge in [0, 0.05) is 26.1 Å². The molecule has 1 aromatic rings. The molecule has 0 spiro atoms. The van der Waals surface area contributed by atoms with Crippen LogP contribution in [0.5, 0.6) is 0 Å². The van der Waals surface area contributed by atoms with Gasteiger partial charge in [-0.3, -0.25) is 14.4 Å². The Hall–Kier alpha value is -2.38. The molecule has 1 saturated heterocycles. The summed E-state index contributed by atoms with van der Waals surface area (Å²) in [6.45, 7) is 4.37. The molecule has 1 aliphatic heterocycles. The molecule has 0 unspecified atom stereocenters. The quantitative estimate of drug-likeness (QED) is 0.377. The summed E-state index contributed by atoms with van der Waals surface area (Å²) >= 11 is 6.33. The molecule has 1 aromatic carbocycles. The first kappa shape index (κ1) is 25.2. The number of halogens is 1. The maximum absolute atomic E-state index is 13.6. The minimum absolute atomic E-state index is 0.103. The molecule has 3 N–H and O–H groups in total. The Morgan fingerprint density at radius 1 is 1.12 bits per heavy atom. The highest BCUT2D eigenvalue weighted by Gasteiger charge is 2.56. The van der Waals surface area contributed by atoms with Crippen molar-refractivity contribution in [2.75, 3.05) is 25.5 Å². The predicted octanol–water partition coefficient (Wildman–Crippen LogP) is 3.15. The molecule has 5 atom stereocenters. The zero-order valence-electron chi connectivity index (χ0n) is 19.5. The van der Waals surface area contributed by atoms with Crippen LogP contribution in [-0.2, 0) is 14.4 Å². The van der Waals surface area contributed by atoms with Gasteiger partial charge in [0.05, 0.1) is 22.5 Å². The smallest absolute Gasteiger partial charge is 0.247 e. The Labute approximate surface area is 200 Å². The molecule has 180 valence electrons. The van der Waals surface area contributed by atoms with E-state index in [-0.39, 0.29) is 30.2 Å². The lowest BCUT2D eigenvalue weighted by Gasteiger charge is -2.32. The molecule has 33 heavy (non-hydrogen) atoms. The second kappa shape index (κ2) is 11.2. The van der Waals surface area contributed by atoms with Crippen LogP contribution in [0.2, 0.25) is 5.02 Å². The summed E-state index contributed by atoms with van der Waals surface area (Å²) in [5.41, 5.74) is 1.38. The molecular weight excluding hydrogens is 442 g/mol. The van der Waals surface area contributed by atoms with Gasteiger partial charge in [-0.15, -0.1) is 0 Å². The van der Waals surface area contributed by atoms with Crippen molar-refractivity contribution in [1.29, 1.82) is 0 Å². The number of allylic oxidation sites excluding steroid dienone is 1. The Balaban J connectivity index is 1.91. The fourth-order valence-corrected chi connectivity index (χ4v) is 5.40. The topological polar surface area (TPSA) is 98.7 Å². The number of aliphatic hydroxyl groups excluding tert-OH is 1. The first-order valence-electron chi connectivity index (χ1n) is 11.7. The highest BCUT2D eigenvalue weighted by Crippen LogP contribution is 2.44. The Morgan fingerprint density at radius 2 is 1.85 bits per heavy atom. The predicted molar refractivity (Wildman–Crippen MR) is 129 cm³/mol. The average molecular weight is 476 g/mol. The van der Waals surface area contributed by atoms with Crippen LogP contribution in [0.3, 0.4) is 0 Å². The first-order chi connectivity index (χ1) is 15.8. The fourth-order valence-electron chi connectivity index (χ4n) is 5.13. The molecule has 3 amide bonds. The summed E-state index contributed by atoms with van der Waals surface area (Å²) in [7, 11) is 1.57. The van der Waals surface area contributed by atoms with E-state index in [0.29, 0.717) is 23.7 Å². The van der Waals surface area contributed by atoms with E-state index in [2.05, 4.69) is 10.6 Å². The number of para-hydroxylation sites is 1. The van der Waals surface area contributed by atoms with Crippen molar-refractivity contribution in [3.63, 3.8) is 0 Å². The number of hydrogen-bond donors (Lipinski definition) is 3. The van der Waals surface area contributed by atoms with Crippen LogP contribution in [0.4, 0.5) is 5.69 Å². The third-order valence-corrected chi connectivity index (χ3v) is 7.18. The largest absolute Gasteiger partial charge is 0.396 e. The van der Waals surface area contributed by atoms with Crippen molar-refractivity contribution < 1.29 is 19.5 Å². The molecule has 1 heterocycles. The van der Waals surface area contributed by atoms with Gasteiger partial charge in [-0.1, -0.05) is 55.7 Å². The van der Waals surface area contributed by atoms with Gasteiger partial charge in [0.2, 0.25) is 17.7 Å². The van der Waals surface area contributed by atoms with Gasteiger partial charge < -0.3 is 20.6 Å². The lowest BCUT2D eigenvalue weighted by Crippen LogP contribution is -2.45. The number of aryl methyl sites for hydroxylation is 1. The summed E-state index contributed by atoms with van der Waals surface area (Å²) in [5.74, 6) is -2.22. The number of nitrogens with zero attached hydrogens (tertiary/aromatic N) is 1. The van der Waals surface area contributed by atoms with Crippen molar-refractivity contribution in [3.05, 3.63) is 40.9 Å². The molecule has 7 nitrogen and oxygen atoms in total. The molecule has 1 aliphatic carbocycles. The van der Waals surface area contributed by atoms with E-state index < -0.39 is 23.8 Å². The highest BCUT2D eigenvalue weighted by atomic mass is 35.5. The maximum Gasteiger partial charge on any atom is 0.247 e. The number of hydrogen-bond acceptors (Lipinski definition) is 4. The van der Waals surface area contributed by atoms with Crippen molar-refractivity contribution >= 4 is 35.0 Å². The lowest BCUT2D eigenvalue weighted by atomic mass is 9.70. The summed E-state index contributed by atoms with van der Waals surface area (Å²) < 4.78 is 0. The fraction of sp³-hybridized carbons (Fsp3) is 0.560. The van der Waals surface area contributed by atoms with Crippen molar-refractivity contribution in [1.82, 2.24) is 10.2 Å². The number of unbranched alkanes of at least 4 members (excludes halogenated alkanes) is 3. The van der Waals surface area contributed by atoms with E-state index in [4.69, 9.17) is 16.7 Å². The third kappa shape index (κ3) is 5.25. The van der Waals surface area contributed by atoms with Crippen LogP contribution < -0.4 is 10.6 Å². The molecule has 8 heteroatoms. The molecule has 0 radical (unpaired) electrons. The number of carbonyl (C=O) groups is 3. The van der Waals surface area contributed by atoms with Crippen LogP contribution in [0.15, 0.2) is 30.4 Å². The molecule has 1 fully saturated rings. The van der Waals surface area contributed by atoms with Crippen LogP contribution in [0.1, 0.15) is 38.2 Å². The summed E-state index contributed by atoms with van der Waals surface area (Å²) in [6.07, 6.45) is 7.03. The van der Waals surface area contributed by atoms with E-state index in [0.717, 1.165) is 24.8 Å². The SMILES string of the molecule is CNC(=O)[C@H]1[C@@H]2C(=O)N(CCCCCCO)[C@H](C(=O)Nc3c(C)cccc3Cl)[C@H]2C=C[C@H]1C. The van der Waals surface area contributed by atoms with Gasteiger partial charge in [-0.05, 0) is 37.3 Å². The Bertz CT molecular complexity index is 899. The van der Waals surface area contributed by atoms with E-state index in [1.54, 1.807) is 18.0 Å². The monoisotopic (exact) mass is 475 g/mol. The van der Waals surface area contributed by atoms with Gasteiger partial charge in [-0.25, -0.2) is 0 Å². The van der Waals surface area contributed by atoms with Crippen molar-refractivity contribution in [2.24, 2.45) is 23.7 Å². The molecule has 0 bridgehead atoms. The molecule has 0 saturated carbocycles. The average Bonchev–Trinajstić information content (AvgIpc) is 3.07. The number of nitrogens with one attached hydrogen (secondary N) is 2. The van der Waals surface area contributed by atoms with Crippen LogP contribution in [0.25, 0.3) is 0 Å². The number of amides is 3. The summed E-state index contributed by atoms with van der Waals surface area (Å²) in [4.78, 5) is 41.5. The number of benzene rings is 1. The zero-order valence-corrected chi connectivity index (χ0v) is 20.3. The first-order valence-corrected chi connectivity index (χ1v) is 12.1. The number of fused-ring (bicyclic) bond motifs is 1. The van der Waals surface area contributed by atoms with Crippen LogP contribution >= 0.6 is 11.6 Å². The second-order valence-electron chi connectivity index (χ2n) is 9.02. The van der Waals surface area contributed by atoms with E-state index >= 15 is 0 Å². The number of aliphatic hydroxyl groups is 1. The second-order valence-corrected chi connectivity index (χ2v) is 9.43. The maximum atomic E-state index is 13.6. The molecular formula is C25H34ClN3O4. The standard InChI is InChI=1S/C25H34ClN3O4/c1-15-11-12-17-20(19(15)23(31)27-3)25(33)29(13-6-4-5-7-14-30)22(17)24(32)28-21-16(2)9-8-10-18(21)26/h8-12,15,17,19-20,22,30H,4-7,13-14H2,1-3H3,(H,27,31)(H,28,32)/t15-,17+,19-,20-,22+/m1/s1. The van der Waals surface area contributed by atoms with Gasteiger partial charge in [-0.2, -0.15) is 0 Å². The normalized spacial score (nSPS) is 26.3. The zero-order chi connectivity index (χ0) is 24.1. The number of likely N-dealkylation sites (tertiary alicyclic amines) is 1. The third-order valence-electron chi connectivity index (χ3n) is 6.87. The molecule has 3 rings (SSSR count). The number of rotatable bonds is 9. The van der Waals surface area contributed by atoms with Crippen molar-refractivity contribution in [3.8, 4) is 0 Å². The minimum Gasteiger partial charge on any atom is -0.396 e. The Morgan fingerprint density at radius 3 is 2.52 bits per heavy atom. The van der Waals surface area contributed by atoms with Crippen molar-refractivity contribution in [2.45, 2.75) is 45.6 Å². The number of anilines is 1. The summed E-state index contributed by atoms with van der Waals surface area (Å²) in [6, 6.07) is 4.69. The highest BCUT2D eigenvalue weighted by molar-refractivity contribution is 6.34. The molecule has 2 aliphatic rings. The Kier molecular flexibility index (Phi) is 8.54. The van der Waals surface area contributed by atoms with E-state index in [1.165, 1.54) is 0 Å². The van der Waals surface area contributed by atoms with E-state index in [1.807, 2.05) is 38.1 Å². The number of carbonyl (C=O) groups excluding carboxylic acids is 3.